The van der Waals surface area contributed by atoms with Gasteiger partial charge >= 0.3 is 5.97 Å². The molecule has 0 aliphatic heterocycles. The van der Waals surface area contributed by atoms with Crippen LogP contribution in [0.3, 0.4) is 0 Å². The van der Waals surface area contributed by atoms with Gasteiger partial charge in [-0.25, -0.2) is 0 Å². The van der Waals surface area contributed by atoms with E-state index in [9.17, 15) is 4.79 Å². The van der Waals surface area contributed by atoms with Crippen molar-refractivity contribution in [2.24, 2.45) is 0 Å². The molecular formula is C16H15BrO4. The first-order chi connectivity index (χ1) is 10.1. The highest BCUT2D eigenvalue weighted by molar-refractivity contribution is 9.10. The van der Waals surface area contributed by atoms with Gasteiger partial charge in [0.25, 0.3) is 0 Å². The summed E-state index contributed by atoms with van der Waals surface area (Å²) in [5.41, 5.74) is 1.75. The Morgan fingerprint density at radius 3 is 2.43 bits per heavy atom. The lowest BCUT2D eigenvalue weighted by Crippen LogP contribution is -2.01. The van der Waals surface area contributed by atoms with Crippen LogP contribution in [0.25, 0.3) is 0 Å². The Morgan fingerprint density at radius 1 is 1.14 bits per heavy atom. The molecule has 0 aliphatic rings. The molecule has 0 unspecified atom stereocenters. The van der Waals surface area contributed by atoms with E-state index in [1.807, 2.05) is 30.3 Å². The Bertz CT molecular complexity index is 623. The van der Waals surface area contributed by atoms with Crippen LogP contribution < -0.4 is 9.47 Å². The molecule has 0 saturated carbocycles. The van der Waals surface area contributed by atoms with Crippen LogP contribution in [0.1, 0.15) is 11.1 Å². The molecule has 0 spiro atoms. The van der Waals surface area contributed by atoms with Crippen LogP contribution >= 0.6 is 15.9 Å². The van der Waals surface area contributed by atoms with Gasteiger partial charge in [-0.15, -0.1) is 0 Å². The molecule has 110 valence electrons. The summed E-state index contributed by atoms with van der Waals surface area (Å²) in [4.78, 5) is 10.6. The molecule has 2 aromatic rings. The quantitative estimate of drug-likeness (QED) is 0.863. The smallest absolute Gasteiger partial charge is 0.307 e. The molecule has 2 rings (SSSR count). The Labute approximate surface area is 131 Å². The molecule has 0 saturated heterocycles. The van der Waals surface area contributed by atoms with Crippen LogP contribution in [-0.4, -0.2) is 18.2 Å². The van der Waals surface area contributed by atoms with Crippen molar-refractivity contribution >= 4 is 21.9 Å². The molecule has 5 heteroatoms. The zero-order valence-corrected chi connectivity index (χ0v) is 13.1. The summed E-state index contributed by atoms with van der Waals surface area (Å²) in [6, 6.07) is 12.9. The lowest BCUT2D eigenvalue weighted by Gasteiger charge is -2.09. The van der Waals surface area contributed by atoms with E-state index >= 15 is 0 Å². The minimum absolute atomic E-state index is 0.0328. The van der Waals surface area contributed by atoms with E-state index in [2.05, 4.69) is 15.9 Å². The summed E-state index contributed by atoms with van der Waals surface area (Å²) in [6.07, 6.45) is 0.0328. The number of ether oxygens (including phenoxy) is 2. The first-order valence-electron chi connectivity index (χ1n) is 6.34. The van der Waals surface area contributed by atoms with Gasteiger partial charge in [-0.1, -0.05) is 24.3 Å². The highest BCUT2D eigenvalue weighted by Gasteiger charge is 2.04. The summed E-state index contributed by atoms with van der Waals surface area (Å²) in [5.74, 6) is 0.593. The third-order valence-corrected chi connectivity index (χ3v) is 3.56. The van der Waals surface area contributed by atoms with Crippen LogP contribution in [-0.2, 0) is 17.8 Å². The van der Waals surface area contributed by atoms with E-state index in [-0.39, 0.29) is 6.42 Å². The predicted octanol–water partition coefficient (Wildman–Crippen LogP) is 3.66. The van der Waals surface area contributed by atoms with E-state index in [4.69, 9.17) is 14.6 Å². The van der Waals surface area contributed by atoms with Gasteiger partial charge in [0.05, 0.1) is 18.0 Å². The number of aliphatic carboxylic acids is 1. The number of benzene rings is 2. The molecule has 0 aromatic heterocycles. The first-order valence-corrected chi connectivity index (χ1v) is 7.13. The molecule has 0 heterocycles. The number of hydrogen-bond donors (Lipinski definition) is 1. The number of rotatable bonds is 6. The predicted molar refractivity (Wildman–Crippen MR) is 82.8 cm³/mol. The number of halogens is 1. The Balaban J connectivity index is 1.98. The van der Waals surface area contributed by atoms with Crippen molar-refractivity contribution in [3.8, 4) is 11.5 Å². The lowest BCUT2D eigenvalue weighted by atomic mass is 10.1. The Hall–Kier alpha value is -2.01. The van der Waals surface area contributed by atoms with Crippen LogP contribution in [0.4, 0.5) is 0 Å². The molecule has 2 aromatic carbocycles. The minimum Gasteiger partial charge on any atom is -0.495 e. The van der Waals surface area contributed by atoms with Crippen LogP contribution in [0, 0.1) is 0 Å². The molecule has 0 atom stereocenters. The molecule has 21 heavy (non-hydrogen) atoms. The highest BCUT2D eigenvalue weighted by atomic mass is 79.9. The van der Waals surface area contributed by atoms with Gasteiger partial charge < -0.3 is 14.6 Å². The van der Waals surface area contributed by atoms with Crippen molar-refractivity contribution in [1.29, 1.82) is 0 Å². The molecule has 0 fully saturated rings. The number of carbonyl (C=O) groups is 1. The van der Waals surface area contributed by atoms with Crippen LogP contribution in [0.15, 0.2) is 46.9 Å². The molecule has 0 amide bonds. The van der Waals surface area contributed by atoms with E-state index in [1.165, 1.54) is 0 Å². The third kappa shape index (κ3) is 4.49. The standard InChI is InChI=1S/C16H15BrO4/c1-20-15-9-13(6-7-14(15)17)21-10-12-4-2-11(3-5-12)8-16(18)19/h2-7,9H,8,10H2,1H3,(H,18,19). The van der Waals surface area contributed by atoms with Crippen molar-refractivity contribution in [3.05, 3.63) is 58.1 Å². The monoisotopic (exact) mass is 350 g/mol. The summed E-state index contributed by atoms with van der Waals surface area (Å²) in [6.45, 7) is 0.415. The number of hydrogen-bond acceptors (Lipinski definition) is 3. The first kappa shape index (κ1) is 15.4. The fourth-order valence-electron chi connectivity index (χ4n) is 1.82. The van der Waals surface area contributed by atoms with Crippen molar-refractivity contribution < 1.29 is 19.4 Å². The van der Waals surface area contributed by atoms with Crippen molar-refractivity contribution in [2.45, 2.75) is 13.0 Å². The second-order valence-corrected chi connectivity index (χ2v) is 5.33. The fourth-order valence-corrected chi connectivity index (χ4v) is 2.23. The zero-order valence-electron chi connectivity index (χ0n) is 11.5. The molecule has 0 bridgehead atoms. The highest BCUT2D eigenvalue weighted by Crippen LogP contribution is 2.29. The van der Waals surface area contributed by atoms with Crippen LogP contribution in [0.5, 0.6) is 11.5 Å². The second kappa shape index (κ2) is 7.13. The molecule has 0 aliphatic carbocycles. The van der Waals surface area contributed by atoms with E-state index in [0.717, 1.165) is 15.6 Å². The van der Waals surface area contributed by atoms with Gasteiger partial charge in [0.1, 0.15) is 18.1 Å². The van der Waals surface area contributed by atoms with Crippen LogP contribution in [0.2, 0.25) is 0 Å². The SMILES string of the molecule is COc1cc(OCc2ccc(CC(=O)O)cc2)ccc1Br. The van der Waals surface area contributed by atoms with Gasteiger partial charge in [-0.3, -0.25) is 4.79 Å². The summed E-state index contributed by atoms with van der Waals surface area (Å²) in [5, 5.41) is 8.72. The normalized spacial score (nSPS) is 10.2. The second-order valence-electron chi connectivity index (χ2n) is 4.47. The zero-order chi connectivity index (χ0) is 15.2. The van der Waals surface area contributed by atoms with Crippen molar-refractivity contribution in [3.63, 3.8) is 0 Å². The number of carboxylic acid groups (broad SMARTS) is 1. The van der Waals surface area contributed by atoms with Gasteiger partial charge in [-0.2, -0.15) is 0 Å². The lowest BCUT2D eigenvalue weighted by molar-refractivity contribution is -0.136. The maximum Gasteiger partial charge on any atom is 0.307 e. The van der Waals surface area contributed by atoms with E-state index in [1.54, 1.807) is 19.2 Å². The number of carboxylic acids is 1. The Kier molecular flexibility index (Phi) is 5.22. The molecule has 0 radical (unpaired) electrons. The summed E-state index contributed by atoms with van der Waals surface area (Å²) >= 11 is 3.39. The van der Waals surface area contributed by atoms with Crippen molar-refractivity contribution in [1.82, 2.24) is 0 Å². The van der Waals surface area contributed by atoms with E-state index < -0.39 is 5.97 Å². The third-order valence-electron chi connectivity index (χ3n) is 2.91. The summed E-state index contributed by atoms with van der Waals surface area (Å²) < 4.78 is 11.8. The molecular weight excluding hydrogens is 336 g/mol. The van der Waals surface area contributed by atoms with E-state index in [0.29, 0.717) is 18.1 Å². The molecule has 4 nitrogen and oxygen atoms in total. The average Bonchev–Trinajstić information content (AvgIpc) is 2.47. The van der Waals surface area contributed by atoms with Gasteiger partial charge in [0.15, 0.2) is 0 Å². The van der Waals surface area contributed by atoms with Crippen molar-refractivity contribution in [2.75, 3.05) is 7.11 Å². The minimum atomic E-state index is -0.832. The summed E-state index contributed by atoms with van der Waals surface area (Å²) in [7, 11) is 1.60. The molecule has 1 N–H and O–H groups in total. The van der Waals surface area contributed by atoms with Gasteiger partial charge in [-0.05, 0) is 39.2 Å². The van der Waals surface area contributed by atoms with Gasteiger partial charge in [0.2, 0.25) is 0 Å². The maximum absolute atomic E-state index is 10.6. The van der Waals surface area contributed by atoms with Gasteiger partial charge in [0, 0.05) is 6.07 Å². The topological polar surface area (TPSA) is 55.8 Å². The largest absolute Gasteiger partial charge is 0.495 e. The average molecular weight is 351 g/mol. The Morgan fingerprint density at radius 2 is 1.81 bits per heavy atom. The maximum atomic E-state index is 10.6. The number of methoxy groups -OCH3 is 1. The fraction of sp³-hybridized carbons (Fsp3) is 0.188.